The van der Waals surface area contributed by atoms with Crippen LogP contribution in [0.3, 0.4) is 0 Å². The number of nitrogens with one attached hydrogen (secondary N) is 2. The van der Waals surface area contributed by atoms with Crippen LogP contribution in [0.15, 0.2) is 0 Å². The number of rotatable bonds is 7. The zero-order chi connectivity index (χ0) is 14.4. The van der Waals surface area contributed by atoms with Gasteiger partial charge in [-0.15, -0.1) is 0 Å². The Labute approximate surface area is 108 Å². The van der Waals surface area contributed by atoms with Gasteiger partial charge in [0.2, 0.25) is 17.8 Å². The normalized spacial score (nSPS) is 9.79. The van der Waals surface area contributed by atoms with E-state index in [4.69, 9.17) is 10.2 Å². The number of hydrogen-bond donors (Lipinski definition) is 4. The van der Waals surface area contributed by atoms with E-state index in [1.807, 2.05) is 0 Å². The largest absolute Gasteiger partial charge is 0.480 e. The molecular formula is C9H14N6O4. The van der Waals surface area contributed by atoms with Gasteiger partial charge in [-0.25, -0.2) is 0 Å². The first-order valence-electron chi connectivity index (χ1n) is 5.23. The molecule has 1 heterocycles. The van der Waals surface area contributed by atoms with Gasteiger partial charge in [-0.3, -0.25) is 9.59 Å². The first kappa shape index (κ1) is 14.4. The van der Waals surface area contributed by atoms with E-state index in [9.17, 15) is 9.59 Å². The molecule has 0 fully saturated rings. The fourth-order valence-electron chi connectivity index (χ4n) is 1.03. The van der Waals surface area contributed by atoms with Gasteiger partial charge in [0.1, 0.15) is 13.1 Å². The summed E-state index contributed by atoms with van der Waals surface area (Å²) in [7, 11) is 3.38. The number of anilines is 3. The zero-order valence-corrected chi connectivity index (χ0v) is 10.4. The van der Waals surface area contributed by atoms with Crippen LogP contribution < -0.4 is 15.5 Å². The van der Waals surface area contributed by atoms with E-state index in [0.717, 1.165) is 0 Å². The highest BCUT2D eigenvalue weighted by atomic mass is 16.4. The van der Waals surface area contributed by atoms with Crippen LogP contribution in [0.5, 0.6) is 0 Å². The molecule has 0 aromatic carbocycles. The predicted octanol–water partition coefficient (Wildman–Crippen LogP) is -1.07. The lowest BCUT2D eigenvalue weighted by atomic mass is 10.6. The third-order valence-corrected chi connectivity index (χ3v) is 1.82. The number of aromatic nitrogens is 3. The van der Waals surface area contributed by atoms with Crippen LogP contribution in [-0.4, -0.2) is 64.3 Å². The van der Waals surface area contributed by atoms with E-state index in [1.54, 1.807) is 19.0 Å². The van der Waals surface area contributed by atoms with Crippen molar-refractivity contribution in [3.8, 4) is 0 Å². The van der Waals surface area contributed by atoms with Gasteiger partial charge in [-0.1, -0.05) is 0 Å². The van der Waals surface area contributed by atoms with Crippen molar-refractivity contribution in [3.63, 3.8) is 0 Å². The topological polar surface area (TPSA) is 141 Å². The molecule has 19 heavy (non-hydrogen) atoms. The van der Waals surface area contributed by atoms with Crippen LogP contribution in [-0.2, 0) is 9.59 Å². The Hall–Kier alpha value is -2.65. The molecule has 0 bridgehead atoms. The fourth-order valence-corrected chi connectivity index (χ4v) is 1.03. The summed E-state index contributed by atoms with van der Waals surface area (Å²) >= 11 is 0. The van der Waals surface area contributed by atoms with Crippen LogP contribution in [0.1, 0.15) is 0 Å². The first-order chi connectivity index (χ1) is 8.88. The van der Waals surface area contributed by atoms with E-state index in [0.29, 0.717) is 0 Å². The van der Waals surface area contributed by atoms with Crippen molar-refractivity contribution in [2.45, 2.75) is 0 Å². The van der Waals surface area contributed by atoms with Gasteiger partial charge < -0.3 is 25.7 Å². The second-order valence-corrected chi connectivity index (χ2v) is 3.67. The smallest absolute Gasteiger partial charge is 0.322 e. The molecular weight excluding hydrogens is 256 g/mol. The van der Waals surface area contributed by atoms with Gasteiger partial charge in [0, 0.05) is 14.1 Å². The standard InChI is InChI=1S/C9H14N6O4/c1-15(2)9-13-7(10-3-5(16)17)12-8(14-9)11-4-6(18)19/h3-4H2,1-2H3,(H,16,17)(H,18,19)(H2,10,11,12,13,14). The Kier molecular flexibility index (Phi) is 4.80. The molecule has 0 aliphatic carbocycles. The maximum absolute atomic E-state index is 10.5. The molecule has 0 aliphatic heterocycles. The van der Waals surface area contributed by atoms with Crippen LogP contribution in [0, 0.1) is 0 Å². The summed E-state index contributed by atoms with van der Waals surface area (Å²) in [6.45, 7) is -0.704. The van der Waals surface area contributed by atoms with Crippen molar-refractivity contribution >= 4 is 29.8 Å². The molecule has 104 valence electrons. The molecule has 0 atom stereocenters. The monoisotopic (exact) mass is 270 g/mol. The summed E-state index contributed by atoms with van der Waals surface area (Å²) in [6, 6.07) is 0. The number of carbonyl (C=O) groups is 2. The van der Waals surface area contributed by atoms with Gasteiger partial charge in [0.15, 0.2) is 0 Å². The molecule has 0 spiro atoms. The Morgan fingerprint density at radius 3 is 1.74 bits per heavy atom. The Bertz CT molecular complexity index is 442. The minimum Gasteiger partial charge on any atom is -0.480 e. The molecule has 10 heteroatoms. The van der Waals surface area contributed by atoms with Crippen LogP contribution in [0.4, 0.5) is 17.8 Å². The third-order valence-electron chi connectivity index (χ3n) is 1.82. The maximum atomic E-state index is 10.5. The molecule has 1 aromatic rings. The SMILES string of the molecule is CN(C)c1nc(NCC(=O)O)nc(NCC(=O)O)n1. The lowest BCUT2D eigenvalue weighted by Crippen LogP contribution is -2.21. The number of nitrogens with zero attached hydrogens (tertiary/aromatic N) is 4. The van der Waals surface area contributed by atoms with E-state index in [2.05, 4.69) is 25.6 Å². The summed E-state index contributed by atoms with van der Waals surface area (Å²) in [4.78, 5) is 34.3. The second kappa shape index (κ2) is 6.33. The van der Waals surface area contributed by atoms with Crippen LogP contribution in [0.2, 0.25) is 0 Å². The molecule has 0 amide bonds. The summed E-state index contributed by atoms with van der Waals surface area (Å²) < 4.78 is 0. The molecule has 0 aliphatic rings. The summed E-state index contributed by atoms with van der Waals surface area (Å²) in [5.74, 6) is -1.75. The quantitative estimate of drug-likeness (QED) is 0.484. The molecule has 10 nitrogen and oxygen atoms in total. The van der Waals surface area contributed by atoms with Gasteiger partial charge in [0.25, 0.3) is 0 Å². The lowest BCUT2D eigenvalue weighted by molar-refractivity contribution is -0.135. The van der Waals surface area contributed by atoms with Crippen LogP contribution >= 0.6 is 0 Å². The van der Waals surface area contributed by atoms with Crippen molar-refractivity contribution in [1.29, 1.82) is 0 Å². The maximum Gasteiger partial charge on any atom is 0.322 e. The number of aliphatic carboxylic acids is 2. The van der Waals surface area contributed by atoms with Gasteiger partial charge in [-0.2, -0.15) is 15.0 Å². The van der Waals surface area contributed by atoms with Gasteiger partial charge >= 0.3 is 11.9 Å². The van der Waals surface area contributed by atoms with E-state index < -0.39 is 11.9 Å². The zero-order valence-electron chi connectivity index (χ0n) is 10.4. The first-order valence-corrected chi connectivity index (χ1v) is 5.23. The van der Waals surface area contributed by atoms with Gasteiger partial charge in [-0.05, 0) is 0 Å². The fraction of sp³-hybridized carbons (Fsp3) is 0.444. The molecule has 0 saturated heterocycles. The lowest BCUT2D eigenvalue weighted by Gasteiger charge is -2.13. The van der Waals surface area contributed by atoms with Gasteiger partial charge in [0.05, 0.1) is 0 Å². The van der Waals surface area contributed by atoms with Crippen molar-refractivity contribution in [2.24, 2.45) is 0 Å². The van der Waals surface area contributed by atoms with E-state index in [-0.39, 0.29) is 30.9 Å². The predicted molar refractivity (Wildman–Crippen MR) is 66.4 cm³/mol. The third kappa shape index (κ3) is 5.02. The number of hydrogen-bond acceptors (Lipinski definition) is 8. The average molecular weight is 270 g/mol. The Morgan fingerprint density at radius 1 is 1.00 bits per heavy atom. The minimum atomic E-state index is -1.06. The summed E-state index contributed by atoms with van der Waals surface area (Å²) in [6.07, 6.45) is 0. The molecule has 1 rings (SSSR count). The average Bonchev–Trinajstić information content (AvgIpc) is 2.33. The highest BCUT2D eigenvalue weighted by Gasteiger charge is 2.09. The van der Waals surface area contributed by atoms with Crippen molar-refractivity contribution in [3.05, 3.63) is 0 Å². The highest BCUT2D eigenvalue weighted by molar-refractivity contribution is 5.73. The minimum absolute atomic E-state index is 0.0500. The summed E-state index contributed by atoms with van der Waals surface area (Å²) in [5.41, 5.74) is 0. The second-order valence-electron chi connectivity index (χ2n) is 3.67. The highest BCUT2D eigenvalue weighted by Crippen LogP contribution is 2.10. The van der Waals surface area contributed by atoms with E-state index >= 15 is 0 Å². The molecule has 4 N–H and O–H groups in total. The van der Waals surface area contributed by atoms with E-state index in [1.165, 1.54) is 0 Å². The number of carboxylic acid groups (broad SMARTS) is 2. The van der Waals surface area contributed by atoms with Crippen molar-refractivity contribution < 1.29 is 19.8 Å². The van der Waals surface area contributed by atoms with Crippen molar-refractivity contribution in [1.82, 2.24) is 15.0 Å². The Balaban J connectivity index is 2.89. The Morgan fingerprint density at radius 2 is 1.42 bits per heavy atom. The summed E-state index contributed by atoms with van der Waals surface area (Å²) in [5, 5.41) is 22.1. The molecule has 1 aromatic heterocycles. The molecule has 0 saturated carbocycles. The van der Waals surface area contributed by atoms with Crippen LogP contribution in [0.25, 0.3) is 0 Å². The number of carboxylic acids is 2. The van der Waals surface area contributed by atoms with Crippen molar-refractivity contribution in [2.75, 3.05) is 42.7 Å². The molecule has 0 radical (unpaired) electrons. The molecule has 0 unspecified atom stereocenters.